The lowest BCUT2D eigenvalue weighted by atomic mass is 9.59. The summed E-state index contributed by atoms with van der Waals surface area (Å²) in [6.07, 6.45) is 0. The first kappa shape index (κ1) is 18.1. The molecule has 5 heteroatoms. The second-order valence-electron chi connectivity index (χ2n) is 8.35. The van der Waals surface area contributed by atoms with Crippen LogP contribution in [-0.4, -0.2) is 13.8 Å². The van der Waals surface area contributed by atoms with Crippen molar-refractivity contribution in [2.75, 3.05) is 7.11 Å². The summed E-state index contributed by atoms with van der Waals surface area (Å²) in [5, 5.41) is 0. The average Bonchev–Trinajstić information content (AvgIpc) is 2.80. The molecule has 2 aliphatic rings. The zero-order chi connectivity index (χ0) is 21.2. The fraction of sp³-hybridized carbons (Fsp3) is 0.115. The molecular formula is C26H22BNO3. The summed E-state index contributed by atoms with van der Waals surface area (Å²) in [6, 6.07) is 27.0. The van der Waals surface area contributed by atoms with Crippen molar-refractivity contribution in [3.63, 3.8) is 0 Å². The largest absolute Gasteiger partial charge is 0.685 e. The van der Waals surface area contributed by atoms with E-state index in [1.54, 1.807) is 7.11 Å². The van der Waals surface area contributed by atoms with Crippen molar-refractivity contribution in [2.45, 2.75) is 13.8 Å². The van der Waals surface area contributed by atoms with E-state index in [0.29, 0.717) is 0 Å². The van der Waals surface area contributed by atoms with Crippen molar-refractivity contribution in [1.29, 1.82) is 0 Å². The second-order valence-corrected chi connectivity index (χ2v) is 8.35. The van der Waals surface area contributed by atoms with Gasteiger partial charge in [0.1, 0.15) is 5.75 Å². The van der Waals surface area contributed by atoms with Crippen LogP contribution in [-0.2, 0) is 0 Å². The quantitative estimate of drug-likeness (QED) is 0.462. The predicted octanol–water partition coefficient (Wildman–Crippen LogP) is 4.41. The molecule has 0 saturated heterocycles. The Labute approximate surface area is 181 Å². The highest BCUT2D eigenvalue weighted by atomic mass is 16.6. The number of ether oxygens (including phenoxy) is 1. The molecule has 0 saturated carbocycles. The first-order chi connectivity index (χ1) is 15.1. The lowest BCUT2D eigenvalue weighted by molar-refractivity contribution is -0.548. The van der Waals surface area contributed by atoms with E-state index in [-0.39, 0.29) is 0 Å². The molecule has 3 aromatic carbocycles. The molecule has 0 radical (unpaired) electrons. The molecule has 0 bridgehead atoms. The minimum absolute atomic E-state index is 0.799. The number of hydrogen-bond donors (Lipinski definition) is 0. The van der Waals surface area contributed by atoms with Gasteiger partial charge in [-0.05, 0) is 61.8 Å². The first-order valence-electron chi connectivity index (χ1n) is 10.5. The maximum absolute atomic E-state index is 6.79. The highest BCUT2D eigenvalue weighted by molar-refractivity contribution is 6.75. The van der Waals surface area contributed by atoms with Gasteiger partial charge in [-0.2, -0.15) is 0 Å². The normalized spacial score (nSPS) is 14.4. The van der Waals surface area contributed by atoms with Crippen LogP contribution in [0, 0.1) is 13.8 Å². The SMILES string of the molecule is COc1ccc([B-]23Oc4ccc(C)cc4-c4cccc([n+]42)-c2cc(C)ccc2O3)cc1. The Balaban J connectivity index is 1.71. The van der Waals surface area contributed by atoms with Crippen LogP contribution in [0.2, 0.25) is 0 Å². The first-order valence-corrected chi connectivity index (χ1v) is 10.5. The predicted molar refractivity (Wildman–Crippen MR) is 122 cm³/mol. The number of hydrogen-bond acceptors (Lipinski definition) is 3. The van der Waals surface area contributed by atoms with Gasteiger partial charge in [0.15, 0.2) is 11.4 Å². The Morgan fingerprint density at radius 3 is 1.77 bits per heavy atom. The van der Waals surface area contributed by atoms with Crippen molar-refractivity contribution in [3.05, 3.63) is 90.0 Å². The van der Waals surface area contributed by atoms with E-state index in [1.165, 1.54) is 11.1 Å². The van der Waals surface area contributed by atoms with E-state index in [2.05, 4.69) is 60.8 Å². The molecule has 4 aromatic rings. The average molecular weight is 407 g/mol. The van der Waals surface area contributed by atoms with Gasteiger partial charge in [0.2, 0.25) is 0 Å². The molecule has 0 aliphatic carbocycles. The van der Waals surface area contributed by atoms with E-state index in [0.717, 1.165) is 45.2 Å². The molecule has 1 aromatic heterocycles. The Hall–Kier alpha value is -3.73. The molecule has 0 atom stereocenters. The Morgan fingerprint density at radius 2 is 1.26 bits per heavy atom. The van der Waals surface area contributed by atoms with Crippen LogP contribution in [0.15, 0.2) is 78.9 Å². The monoisotopic (exact) mass is 407 g/mol. The minimum Gasteiger partial charge on any atom is -0.618 e. The van der Waals surface area contributed by atoms with Crippen LogP contribution in [0.1, 0.15) is 11.1 Å². The second kappa shape index (κ2) is 6.38. The minimum atomic E-state index is -2.04. The van der Waals surface area contributed by atoms with Gasteiger partial charge in [-0.15, -0.1) is 0 Å². The van der Waals surface area contributed by atoms with E-state index < -0.39 is 6.69 Å². The van der Waals surface area contributed by atoms with Gasteiger partial charge >= 0.3 is 6.69 Å². The molecule has 0 fully saturated rings. The summed E-state index contributed by atoms with van der Waals surface area (Å²) in [7, 11) is 1.67. The van der Waals surface area contributed by atoms with Crippen LogP contribution >= 0.6 is 0 Å². The third-order valence-electron chi connectivity index (χ3n) is 6.30. The topological polar surface area (TPSA) is 31.6 Å². The highest BCUT2D eigenvalue weighted by Crippen LogP contribution is 2.41. The van der Waals surface area contributed by atoms with Crippen molar-refractivity contribution in [1.82, 2.24) is 0 Å². The van der Waals surface area contributed by atoms with Gasteiger partial charge in [0, 0.05) is 12.1 Å². The summed E-state index contributed by atoms with van der Waals surface area (Å²) < 4.78 is 21.2. The van der Waals surface area contributed by atoms with Crippen molar-refractivity contribution in [3.8, 4) is 39.8 Å². The van der Waals surface area contributed by atoms with E-state index in [4.69, 9.17) is 14.0 Å². The van der Waals surface area contributed by atoms with Gasteiger partial charge < -0.3 is 18.5 Å². The highest BCUT2D eigenvalue weighted by Gasteiger charge is 2.56. The van der Waals surface area contributed by atoms with Crippen molar-refractivity contribution >= 4 is 12.1 Å². The Kier molecular flexibility index (Phi) is 3.72. The van der Waals surface area contributed by atoms with Crippen molar-refractivity contribution < 1.29 is 18.5 Å². The number of nitrogens with zero attached hydrogens (tertiary/aromatic N) is 1. The van der Waals surface area contributed by atoms with Crippen LogP contribution < -0.4 is 24.0 Å². The summed E-state index contributed by atoms with van der Waals surface area (Å²) in [5.74, 6) is 2.45. The van der Waals surface area contributed by atoms with Crippen molar-refractivity contribution in [2.24, 2.45) is 0 Å². The number of aromatic nitrogens is 1. The molecule has 3 heterocycles. The summed E-state index contributed by atoms with van der Waals surface area (Å²) in [4.78, 5) is 0. The van der Waals surface area contributed by atoms with Crippen LogP contribution in [0.4, 0.5) is 0 Å². The summed E-state index contributed by atoms with van der Waals surface area (Å²) in [6.45, 7) is 2.17. The van der Waals surface area contributed by atoms with Crippen LogP contribution in [0.3, 0.4) is 0 Å². The van der Waals surface area contributed by atoms with E-state index >= 15 is 0 Å². The smallest absolute Gasteiger partial charge is 0.618 e. The zero-order valence-electron chi connectivity index (χ0n) is 17.8. The fourth-order valence-electron chi connectivity index (χ4n) is 4.83. The fourth-order valence-corrected chi connectivity index (χ4v) is 4.83. The molecule has 152 valence electrons. The molecule has 0 amide bonds. The summed E-state index contributed by atoms with van der Waals surface area (Å²) in [5.41, 5.74) is 7.67. The number of methoxy groups -OCH3 is 1. The number of rotatable bonds is 2. The van der Waals surface area contributed by atoms with Gasteiger partial charge in [0.05, 0.1) is 29.7 Å². The summed E-state index contributed by atoms with van der Waals surface area (Å²) >= 11 is 0. The molecule has 0 unspecified atom stereocenters. The number of benzene rings is 3. The number of aryl methyl sites for hydroxylation is 2. The van der Waals surface area contributed by atoms with Gasteiger partial charge in [-0.1, -0.05) is 35.4 Å². The third-order valence-corrected chi connectivity index (χ3v) is 6.30. The third kappa shape index (κ3) is 2.53. The lowest BCUT2D eigenvalue weighted by Crippen LogP contribution is -2.83. The maximum Gasteiger partial charge on any atom is 0.685 e. The van der Waals surface area contributed by atoms with Crippen LogP contribution in [0.5, 0.6) is 17.2 Å². The Morgan fingerprint density at radius 1 is 0.710 bits per heavy atom. The lowest BCUT2D eigenvalue weighted by Gasteiger charge is -2.44. The van der Waals surface area contributed by atoms with Gasteiger partial charge in [0.25, 0.3) is 0 Å². The van der Waals surface area contributed by atoms with E-state index in [1.807, 2.05) is 36.4 Å². The standard InChI is InChI=1S/C26H22BNO3/c1-17-7-13-25-21(15-17)23-5-4-6-24-22-16-18(2)8-14-26(22)31-27(30-25,28(23)24)19-9-11-20(29-3)12-10-19/h4-16H,1-3H3. The molecule has 6 rings (SSSR count). The number of pyridine rings is 1. The molecule has 4 nitrogen and oxygen atoms in total. The molecule has 0 N–H and O–H groups in total. The van der Waals surface area contributed by atoms with Gasteiger partial charge in [-0.3, -0.25) is 0 Å². The molecule has 2 aliphatic heterocycles. The molecule has 31 heavy (non-hydrogen) atoms. The molecular weight excluding hydrogens is 385 g/mol. The number of fused-ring (bicyclic) bond motifs is 4. The Bertz CT molecular complexity index is 1270. The van der Waals surface area contributed by atoms with Crippen LogP contribution in [0.25, 0.3) is 22.5 Å². The van der Waals surface area contributed by atoms with E-state index in [9.17, 15) is 0 Å². The van der Waals surface area contributed by atoms with Gasteiger partial charge in [-0.25, -0.2) is 0 Å². The zero-order valence-corrected chi connectivity index (χ0v) is 17.8. The molecule has 0 spiro atoms. The maximum atomic E-state index is 6.79.